The van der Waals surface area contributed by atoms with Gasteiger partial charge in [-0.05, 0) is 54.8 Å². The molecule has 186 valence electrons. The molecule has 0 amide bonds. The molecule has 2 saturated heterocycles. The summed E-state index contributed by atoms with van der Waals surface area (Å²) >= 11 is 0. The lowest BCUT2D eigenvalue weighted by molar-refractivity contribution is 0.468. The van der Waals surface area contributed by atoms with Crippen molar-refractivity contribution in [1.29, 1.82) is 0 Å². The van der Waals surface area contributed by atoms with Gasteiger partial charge >= 0.3 is 0 Å². The number of fused-ring (bicyclic) bond motifs is 1. The van der Waals surface area contributed by atoms with Crippen molar-refractivity contribution >= 4 is 27.3 Å². The van der Waals surface area contributed by atoms with Crippen LogP contribution in [-0.2, 0) is 10.0 Å². The maximum Gasteiger partial charge on any atom is 0.209 e. The quantitative estimate of drug-likeness (QED) is 0.429. The van der Waals surface area contributed by atoms with E-state index in [1.165, 1.54) is 12.3 Å². The number of halogens is 1. The zero-order chi connectivity index (χ0) is 24.9. The van der Waals surface area contributed by atoms with E-state index >= 15 is 0 Å². The van der Waals surface area contributed by atoms with Crippen molar-refractivity contribution in [3.63, 3.8) is 0 Å². The molecule has 2 fully saturated rings. The molecule has 6 rings (SSSR count). The van der Waals surface area contributed by atoms with Crippen LogP contribution in [0, 0.1) is 5.82 Å². The molecule has 36 heavy (non-hydrogen) atoms. The zero-order valence-electron chi connectivity index (χ0n) is 19.7. The highest BCUT2D eigenvalue weighted by Gasteiger charge is 2.30. The van der Waals surface area contributed by atoms with Crippen molar-refractivity contribution in [1.82, 2.24) is 24.3 Å². The Morgan fingerprint density at radius 2 is 1.89 bits per heavy atom. The number of hydrogen-bond donors (Lipinski definition) is 1. The highest BCUT2D eigenvalue weighted by molar-refractivity contribution is 7.88. The molecule has 0 saturated carbocycles. The van der Waals surface area contributed by atoms with Crippen molar-refractivity contribution in [2.75, 3.05) is 35.7 Å². The molecule has 2 aliphatic rings. The molecular weight excluding hydrogens is 481 g/mol. The minimum atomic E-state index is -3.23. The van der Waals surface area contributed by atoms with Crippen LogP contribution in [0.15, 0.2) is 60.8 Å². The Kier molecular flexibility index (Phi) is 5.60. The molecule has 1 atom stereocenters. The summed E-state index contributed by atoms with van der Waals surface area (Å²) in [5, 5.41) is 4.91. The van der Waals surface area contributed by atoms with Crippen LogP contribution in [0.25, 0.3) is 17.0 Å². The molecule has 4 aromatic rings. The fourth-order valence-electron chi connectivity index (χ4n) is 5.08. The SMILES string of the molecule is CS(=O)(=O)NC1CN(c2cccc(-c3cnc4ccc(N5CCCC5c5cccc(F)c5)nn34)n2)C1. The predicted octanol–water partition coefficient (Wildman–Crippen LogP) is 3.01. The van der Waals surface area contributed by atoms with Crippen molar-refractivity contribution in [2.45, 2.75) is 24.9 Å². The Labute approximate surface area is 208 Å². The molecule has 0 aliphatic carbocycles. The van der Waals surface area contributed by atoms with E-state index in [2.05, 4.69) is 14.6 Å². The van der Waals surface area contributed by atoms with Crippen LogP contribution in [0.5, 0.6) is 0 Å². The Bertz CT molecular complexity index is 1530. The molecule has 1 unspecified atom stereocenters. The van der Waals surface area contributed by atoms with Gasteiger partial charge in [-0.1, -0.05) is 18.2 Å². The fourth-order valence-corrected chi connectivity index (χ4v) is 5.83. The summed E-state index contributed by atoms with van der Waals surface area (Å²) in [5.41, 5.74) is 3.16. The Morgan fingerprint density at radius 1 is 1.06 bits per heavy atom. The lowest BCUT2D eigenvalue weighted by atomic mass is 10.0. The molecule has 5 heterocycles. The van der Waals surface area contributed by atoms with E-state index in [4.69, 9.17) is 10.1 Å². The fraction of sp³-hybridized carbons (Fsp3) is 0.320. The second kappa shape index (κ2) is 8.82. The largest absolute Gasteiger partial charge is 0.353 e. The van der Waals surface area contributed by atoms with E-state index in [1.807, 2.05) is 41.3 Å². The number of imidazole rings is 1. The first-order valence-corrected chi connectivity index (χ1v) is 13.8. The van der Waals surface area contributed by atoms with Crippen LogP contribution in [-0.4, -0.2) is 59.9 Å². The first kappa shape index (κ1) is 22.9. The summed E-state index contributed by atoms with van der Waals surface area (Å²) in [6.45, 7) is 1.97. The first-order valence-electron chi connectivity index (χ1n) is 11.9. The lowest BCUT2D eigenvalue weighted by Gasteiger charge is -2.40. The van der Waals surface area contributed by atoms with Gasteiger partial charge in [-0.3, -0.25) is 0 Å². The van der Waals surface area contributed by atoms with Gasteiger partial charge in [0.1, 0.15) is 23.1 Å². The van der Waals surface area contributed by atoms with Crippen LogP contribution >= 0.6 is 0 Å². The molecule has 1 N–H and O–H groups in total. The van der Waals surface area contributed by atoms with Crippen molar-refractivity contribution in [3.05, 3.63) is 72.2 Å². The standard InChI is InChI=1S/C25H26FN7O2S/c1-36(34,35)30-19-15-31(16-19)24-9-3-7-20(28-24)22-14-27-23-10-11-25(29-33(22)23)32-12-4-8-21(32)17-5-2-6-18(26)13-17/h2-3,5-7,9-11,13-14,19,21,30H,4,8,12,15-16H2,1H3. The number of nitrogens with zero attached hydrogens (tertiary/aromatic N) is 6. The zero-order valence-corrected chi connectivity index (χ0v) is 20.6. The van der Waals surface area contributed by atoms with E-state index < -0.39 is 10.0 Å². The predicted molar refractivity (Wildman–Crippen MR) is 136 cm³/mol. The smallest absolute Gasteiger partial charge is 0.209 e. The van der Waals surface area contributed by atoms with Gasteiger partial charge in [0.05, 0.1) is 30.2 Å². The average Bonchev–Trinajstić information content (AvgIpc) is 3.47. The van der Waals surface area contributed by atoms with E-state index in [0.717, 1.165) is 48.0 Å². The summed E-state index contributed by atoms with van der Waals surface area (Å²) in [5.74, 6) is 1.35. The van der Waals surface area contributed by atoms with E-state index in [0.29, 0.717) is 18.7 Å². The topological polar surface area (TPSA) is 95.7 Å². The highest BCUT2D eigenvalue weighted by Crippen LogP contribution is 2.35. The third kappa shape index (κ3) is 4.40. The summed E-state index contributed by atoms with van der Waals surface area (Å²) in [7, 11) is -3.23. The summed E-state index contributed by atoms with van der Waals surface area (Å²) in [6.07, 6.45) is 4.88. The van der Waals surface area contributed by atoms with Gasteiger partial charge in [0.15, 0.2) is 5.65 Å². The molecule has 1 aromatic carbocycles. The van der Waals surface area contributed by atoms with Crippen molar-refractivity contribution in [2.24, 2.45) is 0 Å². The van der Waals surface area contributed by atoms with Crippen LogP contribution in [0.1, 0.15) is 24.4 Å². The maximum atomic E-state index is 13.9. The molecule has 0 radical (unpaired) electrons. The third-order valence-corrected chi connectivity index (χ3v) is 7.47. The minimum absolute atomic E-state index is 0.0685. The second-order valence-electron chi connectivity index (χ2n) is 9.38. The maximum absolute atomic E-state index is 13.9. The number of sulfonamides is 1. The number of pyridine rings is 1. The van der Waals surface area contributed by atoms with Crippen molar-refractivity contribution < 1.29 is 12.8 Å². The molecule has 11 heteroatoms. The number of benzene rings is 1. The summed E-state index contributed by atoms with van der Waals surface area (Å²) < 4.78 is 41.2. The van der Waals surface area contributed by atoms with Gasteiger partial charge in [-0.2, -0.15) is 0 Å². The Morgan fingerprint density at radius 3 is 2.69 bits per heavy atom. The number of anilines is 2. The van der Waals surface area contributed by atoms with E-state index in [9.17, 15) is 12.8 Å². The third-order valence-electron chi connectivity index (χ3n) is 6.71. The molecule has 0 bridgehead atoms. The van der Waals surface area contributed by atoms with Gasteiger partial charge in [-0.25, -0.2) is 32.0 Å². The molecule has 9 nitrogen and oxygen atoms in total. The number of hydrogen-bond acceptors (Lipinski definition) is 7. The molecule has 0 spiro atoms. The van der Waals surface area contributed by atoms with Gasteiger partial charge in [0.2, 0.25) is 10.0 Å². The number of rotatable bonds is 6. The second-order valence-corrected chi connectivity index (χ2v) is 11.2. The van der Waals surface area contributed by atoms with Gasteiger partial charge in [0, 0.05) is 19.6 Å². The van der Waals surface area contributed by atoms with Crippen LogP contribution < -0.4 is 14.5 Å². The van der Waals surface area contributed by atoms with Gasteiger partial charge < -0.3 is 9.80 Å². The van der Waals surface area contributed by atoms with E-state index in [1.54, 1.807) is 22.8 Å². The summed E-state index contributed by atoms with van der Waals surface area (Å²) in [4.78, 5) is 13.6. The Balaban J connectivity index is 1.28. The van der Waals surface area contributed by atoms with Crippen molar-refractivity contribution in [3.8, 4) is 11.4 Å². The molecule has 3 aromatic heterocycles. The van der Waals surface area contributed by atoms with Gasteiger partial charge in [0.25, 0.3) is 0 Å². The normalized spacial score (nSPS) is 18.7. The van der Waals surface area contributed by atoms with Crippen LogP contribution in [0.2, 0.25) is 0 Å². The Hall–Kier alpha value is -3.57. The van der Waals surface area contributed by atoms with Crippen LogP contribution in [0.3, 0.4) is 0 Å². The highest BCUT2D eigenvalue weighted by atomic mass is 32.2. The van der Waals surface area contributed by atoms with Gasteiger partial charge in [-0.15, -0.1) is 5.10 Å². The summed E-state index contributed by atoms with van der Waals surface area (Å²) in [6, 6.07) is 16.4. The van der Waals surface area contributed by atoms with Crippen LogP contribution in [0.4, 0.5) is 16.0 Å². The number of nitrogens with one attached hydrogen (secondary N) is 1. The first-order chi connectivity index (χ1) is 17.3. The number of aromatic nitrogens is 4. The van der Waals surface area contributed by atoms with E-state index in [-0.39, 0.29) is 17.9 Å². The lowest BCUT2D eigenvalue weighted by Crippen LogP contribution is -2.59. The monoisotopic (exact) mass is 507 g/mol. The minimum Gasteiger partial charge on any atom is -0.353 e. The average molecular weight is 508 g/mol. The molecular formula is C25H26FN7O2S. The molecule has 2 aliphatic heterocycles.